The fourth-order valence-corrected chi connectivity index (χ4v) is 9.00. The standard InChI is InChI=1S/C61H51BN4/c1-38-34-55-57-56(35-38)66-52-20-12-17-48-47-16-10-11-19-51(47)65(58(48)52)53-21-13-18-50(59(53)66)62(57)49-33-32-46(37-54(49)64(55)45-27-22-39-14-8-9-15-40(39)36-45)63(43-28-23-41(24-29-43)60(2,3)4)44-30-25-42(26-31-44)61(5,6)7/h8-37H,1-7H3/i8D,9D,10D,11D,12D,13D,14D,15D,16D,17D,18D,19D,20D,21D,22D,23D,24D,25D,26D,27D,28D,29D,30D,31D,32D,33D,34D,35D,36D,37D. The molecule has 0 saturated carbocycles. The molecule has 0 saturated heterocycles. The van der Waals surface area contributed by atoms with Gasteiger partial charge in [0, 0.05) is 50.6 Å². The van der Waals surface area contributed by atoms with E-state index in [1.807, 2.05) is 0 Å². The van der Waals surface area contributed by atoms with Crippen LogP contribution < -0.4 is 31.1 Å². The van der Waals surface area contributed by atoms with E-state index in [4.69, 9.17) is 6.85 Å². The Balaban J connectivity index is 1.32. The van der Waals surface area contributed by atoms with E-state index < -0.39 is 288 Å². The number of aromatic nitrogens is 1. The first-order valence-corrected chi connectivity index (χ1v) is 21.0. The minimum Gasteiger partial charge on any atom is -0.311 e. The van der Waals surface area contributed by atoms with E-state index in [2.05, 4.69) is 0 Å². The summed E-state index contributed by atoms with van der Waals surface area (Å²) in [4.78, 5) is 2.56. The molecule has 13 rings (SSSR count). The van der Waals surface area contributed by atoms with Crippen LogP contribution in [0.3, 0.4) is 0 Å². The lowest BCUT2D eigenvalue weighted by Crippen LogP contribution is -2.61. The van der Waals surface area contributed by atoms with Crippen LogP contribution in [0.1, 0.15) is 99.4 Å². The van der Waals surface area contributed by atoms with Gasteiger partial charge >= 0.3 is 0 Å². The number of para-hydroxylation sites is 3. The van der Waals surface area contributed by atoms with Crippen LogP contribution in [0.25, 0.3) is 38.3 Å². The second-order valence-electron chi connectivity index (χ2n) is 18.3. The summed E-state index contributed by atoms with van der Waals surface area (Å²) in [6, 6.07) is -25.7. The molecule has 5 heteroatoms. The van der Waals surface area contributed by atoms with E-state index >= 15 is 0 Å². The first kappa shape index (κ1) is 19.2. The zero-order valence-corrected chi connectivity index (χ0v) is 36.4. The van der Waals surface area contributed by atoms with Gasteiger partial charge in [0.1, 0.15) is 0 Å². The molecule has 0 amide bonds. The molecule has 0 spiro atoms. The van der Waals surface area contributed by atoms with Crippen LogP contribution in [-0.2, 0) is 10.8 Å². The molecule has 3 aliphatic rings. The smallest absolute Gasteiger partial charge is 0.252 e. The number of anilines is 9. The maximum Gasteiger partial charge on any atom is 0.252 e. The molecule has 0 fully saturated rings. The summed E-state index contributed by atoms with van der Waals surface area (Å²) < 4.78 is 291. The normalized spacial score (nSPS) is 20.0. The molecule has 0 radical (unpaired) electrons. The Bertz CT molecular complexity index is 5300. The summed E-state index contributed by atoms with van der Waals surface area (Å²) in [7, 11) is 0. The number of fused-ring (bicyclic) bond motifs is 10. The molecule has 0 N–H and O–H groups in total. The van der Waals surface area contributed by atoms with Gasteiger partial charge in [0.15, 0.2) is 0 Å². The molecule has 3 aliphatic heterocycles. The van der Waals surface area contributed by atoms with E-state index in [-0.39, 0.29) is 33.0 Å². The van der Waals surface area contributed by atoms with Gasteiger partial charge in [-0.05, 0) is 140 Å². The highest BCUT2D eigenvalue weighted by atomic mass is 15.2. The van der Waals surface area contributed by atoms with Crippen molar-refractivity contribution in [3.63, 3.8) is 0 Å². The van der Waals surface area contributed by atoms with E-state index in [1.54, 1.807) is 41.5 Å². The van der Waals surface area contributed by atoms with Crippen molar-refractivity contribution in [1.29, 1.82) is 0 Å². The minimum atomic E-state index is -2.03. The molecule has 0 atom stereocenters. The summed E-state index contributed by atoms with van der Waals surface area (Å²) in [5.41, 5.74) is -12.0. The van der Waals surface area contributed by atoms with Crippen molar-refractivity contribution in [3.05, 3.63) is 198 Å². The molecule has 66 heavy (non-hydrogen) atoms. The summed E-state index contributed by atoms with van der Waals surface area (Å²) in [5, 5.41) is -2.05. The van der Waals surface area contributed by atoms with Gasteiger partial charge in [0.25, 0.3) is 6.71 Å². The molecular formula is C61H51BN4. The Kier molecular flexibility index (Phi) is 3.99. The van der Waals surface area contributed by atoms with Crippen molar-refractivity contribution in [1.82, 2.24) is 4.57 Å². The molecule has 0 aliphatic carbocycles. The van der Waals surface area contributed by atoms with Gasteiger partial charge in [-0.3, -0.25) is 0 Å². The first-order valence-electron chi connectivity index (χ1n) is 36.0. The number of nitrogens with zero attached hydrogens (tertiary/aromatic N) is 4. The van der Waals surface area contributed by atoms with Gasteiger partial charge < -0.3 is 19.3 Å². The SMILES string of the molecule is [2H]c1c([2H])c2c3c(c1[2H])-n1c4c([2H])c([2H])c([2H])c([2H])c4c4c([2H])c([2H])c([2H])c(c41)N3c1c([2H])c(C)c([2H])c3c1B2c1c([2H])c([2H])c(N(c2c([2H])c([2H])c(C(C)(C)C)c([2H])c2[2H])c2c([2H])c([2H])c(C(C)(C)C)c([2H])c2[2H])c([2H])c1N3c1c([2H])c([2H])c2c([2H])c([2H])c([2H])c([2H])c2c1[2H]. The highest BCUT2D eigenvalue weighted by Crippen LogP contribution is 2.53. The predicted octanol–water partition coefficient (Wildman–Crippen LogP) is 14.7. The zero-order chi connectivity index (χ0) is 70.9. The fourth-order valence-electron chi connectivity index (χ4n) is 9.00. The minimum absolute atomic E-state index is 0.147. The maximum absolute atomic E-state index is 11.0. The number of hydrogen-bond acceptors (Lipinski definition) is 3. The summed E-state index contributed by atoms with van der Waals surface area (Å²) in [6.07, 6.45) is 0. The third kappa shape index (κ3) is 5.59. The Morgan fingerprint density at radius 1 is 0.470 bits per heavy atom. The third-order valence-electron chi connectivity index (χ3n) is 12.0. The van der Waals surface area contributed by atoms with Crippen molar-refractivity contribution >= 4 is 107 Å². The first-order chi connectivity index (χ1) is 44.5. The van der Waals surface area contributed by atoms with Crippen LogP contribution in [0.15, 0.2) is 181 Å². The lowest BCUT2D eigenvalue weighted by Gasteiger charge is -2.46. The lowest BCUT2D eigenvalue weighted by molar-refractivity contribution is 0.590. The van der Waals surface area contributed by atoms with Gasteiger partial charge in [-0.15, -0.1) is 0 Å². The molecule has 9 aromatic carbocycles. The van der Waals surface area contributed by atoms with Crippen LogP contribution in [0, 0.1) is 6.92 Å². The average Bonchev–Trinajstić information content (AvgIpc) is 1.52. The molecular weight excluding hydrogens is 800 g/mol. The fraction of sp³-hybridized carbons (Fsp3) is 0.148. The largest absolute Gasteiger partial charge is 0.311 e. The zero-order valence-electron chi connectivity index (χ0n) is 66.4. The number of benzene rings is 9. The molecule has 4 heterocycles. The highest BCUT2D eigenvalue weighted by molar-refractivity contribution is 7.00. The molecule has 318 valence electrons. The van der Waals surface area contributed by atoms with Crippen LogP contribution in [0.4, 0.5) is 51.2 Å². The predicted molar refractivity (Wildman–Crippen MR) is 283 cm³/mol. The van der Waals surface area contributed by atoms with E-state index in [1.165, 1.54) is 6.92 Å². The molecule has 4 nitrogen and oxygen atoms in total. The monoisotopic (exact) mass is 881 g/mol. The Morgan fingerprint density at radius 3 is 1.79 bits per heavy atom. The van der Waals surface area contributed by atoms with E-state index in [9.17, 15) is 34.3 Å². The number of hydrogen-bond donors (Lipinski definition) is 0. The second kappa shape index (κ2) is 13.8. The number of rotatable bonds is 4. The molecule has 0 bridgehead atoms. The molecule has 0 unspecified atom stereocenters. The summed E-state index contributed by atoms with van der Waals surface area (Å²) in [5.74, 6) is 0. The van der Waals surface area contributed by atoms with Gasteiger partial charge in [0.05, 0.1) is 69.2 Å². The topological polar surface area (TPSA) is 14.7 Å². The van der Waals surface area contributed by atoms with Crippen LogP contribution in [-0.4, -0.2) is 11.3 Å². The second-order valence-corrected chi connectivity index (χ2v) is 18.3. The third-order valence-corrected chi connectivity index (χ3v) is 12.0. The van der Waals surface area contributed by atoms with Gasteiger partial charge in [0.2, 0.25) is 0 Å². The Hall–Kier alpha value is -7.50. The highest BCUT2D eigenvalue weighted by Gasteiger charge is 2.46. The van der Waals surface area contributed by atoms with Crippen molar-refractivity contribution in [2.75, 3.05) is 14.7 Å². The van der Waals surface area contributed by atoms with Crippen LogP contribution >= 0.6 is 0 Å². The van der Waals surface area contributed by atoms with E-state index in [0.717, 1.165) is 14.4 Å². The van der Waals surface area contributed by atoms with Crippen molar-refractivity contribution in [3.8, 4) is 5.69 Å². The van der Waals surface area contributed by atoms with Crippen LogP contribution in [0.2, 0.25) is 0 Å². The molecule has 10 aromatic rings. The average molecular weight is 881 g/mol. The lowest BCUT2D eigenvalue weighted by atomic mass is 9.33. The van der Waals surface area contributed by atoms with Crippen molar-refractivity contribution < 1.29 is 41.1 Å². The van der Waals surface area contributed by atoms with Gasteiger partial charge in [-0.25, -0.2) is 0 Å². The Labute approximate surface area is 430 Å². The van der Waals surface area contributed by atoms with Crippen molar-refractivity contribution in [2.45, 2.75) is 59.3 Å². The van der Waals surface area contributed by atoms with Gasteiger partial charge in [-0.1, -0.05) is 144 Å². The molecule has 1 aromatic heterocycles. The quantitative estimate of drug-likeness (QED) is 0.164. The van der Waals surface area contributed by atoms with Gasteiger partial charge in [-0.2, -0.15) is 0 Å². The van der Waals surface area contributed by atoms with E-state index in [0.29, 0.717) is 4.90 Å². The maximum atomic E-state index is 11.0. The summed E-state index contributed by atoms with van der Waals surface area (Å²) in [6.45, 7) is 8.86. The summed E-state index contributed by atoms with van der Waals surface area (Å²) >= 11 is 0. The Morgan fingerprint density at radius 2 is 1.08 bits per heavy atom. The van der Waals surface area contributed by atoms with Crippen molar-refractivity contribution in [2.24, 2.45) is 0 Å². The van der Waals surface area contributed by atoms with Crippen LogP contribution in [0.5, 0.6) is 0 Å².